The molecule has 0 spiro atoms. The van der Waals surface area contributed by atoms with Crippen LogP contribution < -0.4 is 26.5 Å². The van der Waals surface area contributed by atoms with Gasteiger partial charge in [0, 0.05) is 0 Å². The Bertz CT molecular complexity index is 1020. The number of carbonyl (C=O) groups excluding carboxylic acids is 1. The van der Waals surface area contributed by atoms with Crippen LogP contribution in [0.5, 0.6) is 0 Å². The van der Waals surface area contributed by atoms with Gasteiger partial charge in [0.05, 0.1) is 0 Å². The van der Waals surface area contributed by atoms with E-state index in [1.807, 2.05) is 24.3 Å². The summed E-state index contributed by atoms with van der Waals surface area (Å²) in [6, 6.07) is 18.3. The monoisotopic (exact) mass is 477 g/mol. The third-order valence-corrected chi connectivity index (χ3v) is 8.66. The van der Waals surface area contributed by atoms with Crippen molar-refractivity contribution in [3.8, 4) is 0 Å². The second-order valence-electron chi connectivity index (χ2n) is 5.46. The van der Waals surface area contributed by atoms with Gasteiger partial charge in [-0.1, -0.05) is 0 Å². The van der Waals surface area contributed by atoms with E-state index in [0.717, 1.165) is 10.2 Å². The van der Waals surface area contributed by atoms with Crippen LogP contribution in [0, 0.1) is 13.4 Å². The summed E-state index contributed by atoms with van der Waals surface area (Å²) < 4.78 is 3.83. The summed E-state index contributed by atoms with van der Waals surface area (Å²) in [5.41, 5.74) is 2.77. The molecule has 1 N–H and O–H groups in total. The number of amides is 1. The molecule has 25 heavy (non-hydrogen) atoms. The molecule has 0 atom stereocenters. The van der Waals surface area contributed by atoms with Gasteiger partial charge in [0.2, 0.25) is 0 Å². The van der Waals surface area contributed by atoms with Crippen LogP contribution in [0.25, 0.3) is 10.2 Å². The van der Waals surface area contributed by atoms with Gasteiger partial charge in [-0.2, -0.15) is 0 Å². The number of halogens is 1. The number of carbonyl (C=O) groups is 1. The molecule has 126 valence electrons. The number of thiophene rings is 1. The second-order valence-corrected chi connectivity index (χ2v) is 11.1. The molecule has 0 fully saturated rings. The maximum absolute atomic E-state index is 12.5. The van der Waals surface area contributed by atoms with Crippen molar-refractivity contribution in [2.45, 2.75) is 6.92 Å². The van der Waals surface area contributed by atoms with Gasteiger partial charge in [-0.25, -0.2) is 0 Å². The Morgan fingerprint density at radius 3 is 2.72 bits per heavy atom. The van der Waals surface area contributed by atoms with Gasteiger partial charge in [0.25, 0.3) is 0 Å². The van der Waals surface area contributed by atoms with Crippen molar-refractivity contribution in [1.29, 1.82) is 0 Å². The molecule has 0 saturated heterocycles. The predicted octanol–water partition coefficient (Wildman–Crippen LogP) is 2.05. The quantitative estimate of drug-likeness (QED) is 0.458. The van der Waals surface area contributed by atoms with E-state index < -0.39 is 0 Å². The van der Waals surface area contributed by atoms with Gasteiger partial charge in [-0.3, -0.25) is 0 Å². The van der Waals surface area contributed by atoms with Gasteiger partial charge in [-0.15, -0.1) is 0 Å². The van der Waals surface area contributed by atoms with Gasteiger partial charge in [0.15, 0.2) is 0 Å². The van der Waals surface area contributed by atoms with Crippen molar-refractivity contribution in [3.63, 3.8) is 0 Å². The summed E-state index contributed by atoms with van der Waals surface area (Å²) in [5, 5.41) is 5.66. The van der Waals surface area contributed by atoms with E-state index in [2.05, 4.69) is 52.9 Å². The normalized spacial score (nSPS) is 11.1. The molecule has 4 aromatic rings. The van der Waals surface area contributed by atoms with Crippen molar-refractivity contribution in [2.24, 2.45) is 0 Å². The number of nitrogens with one attached hydrogen (secondary N) is 1. The number of benzene rings is 2. The van der Waals surface area contributed by atoms with Crippen LogP contribution in [0.3, 0.4) is 0 Å². The summed E-state index contributed by atoms with van der Waals surface area (Å²) in [4.78, 5) is 16.9. The molecule has 3 nitrogen and oxygen atoms in total. The Kier molecular flexibility index (Phi) is 4.82. The first-order valence-electron chi connectivity index (χ1n) is 7.64. The van der Waals surface area contributed by atoms with E-state index in [-0.39, 0.29) is 27.1 Å². The fourth-order valence-electron chi connectivity index (χ4n) is 2.34. The van der Waals surface area contributed by atoms with Gasteiger partial charge in [-0.05, 0) is 0 Å². The van der Waals surface area contributed by atoms with Crippen LogP contribution in [-0.2, 0) is 0 Å². The molecular weight excluding hydrogens is 463 g/mol. The Balaban J connectivity index is 1.48. The van der Waals surface area contributed by atoms with Gasteiger partial charge in [0.1, 0.15) is 0 Å². The molecule has 0 bridgehead atoms. The minimum absolute atomic E-state index is 0.114. The first-order chi connectivity index (χ1) is 12.2. The molecule has 2 aromatic heterocycles. The number of hydrogen-bond acceptors (Lipinski definition) is 4. The zero-order valence-electron chi connectivity index (χ0n) is 13.3. The number of nitrogens with zero attached hydrogens (tertiary/aromatic N) is 1. The number of aryl methyl sites for hydroxylation is 1. The molecule has 2 aromatic carbocycles. The molecule has 0 aliphatic heterocycles. The fraction of sp³-hybridized carbons (Fsp3) is 0.0526. The number of aromatic nitrogens is 1. The number of rotatable bonds is 4. The van der Waals surface area contributed by atoms with Crippen LogP contribution in [-0.4, -0.2) is 10.9 Å². The fourth-order valence-corrected chi connectivity index (χ4v) is 6.93. The van der Waals surface area contributed by atoms with E-state index in [1.165, 1.54) is 23.4 Å². The van der Waals surface area contributed by atoms with E-state index in [0.29, 0.717) is 10.7 Å². The molecule has 1 amide bonds. The summed E-state index contributed by atoms with van der Waals surface area (Å²) >= 11 is 3.14. The zero-order valence-corrected chi connectivity index (χ0v) is 17.1. The van der Waals surface area contributed by atoms with Crippen LogP contribution in [0.15, 0.2) is 60.0 Å². The van der Waals surface area contributed by atoms with E-state index in [9.17, 15) is 4.79 Å². The first-order valence-corrected chi connectivity index (χ1v) is 11.5. The Morgan fingerprint density at radius 2 is 1.96 bits per heavy atom. The average molecular weight is 477 g/mol. The Labute approximate surface area is 164 Å². The van der Waals surface area contributed by atoms with E-state index in [1.54, 1.807) is 11.3 Å². The number of thiazole rings is 1. The van der Waals surface area contributed by atoms with E-state index >= 15 is 0 Å². The van der Waals surface area contributed by atoms with Crippen molar-refractivity contribution in [3.05, 3.63) is 77.6 Å². The number of anilines is 1. The second kappa shape index (κ2) is 7.23. The Morgan fingerprint density at radius 1 is 1.12 bits per heavy atom. The number of hydrogen-bond donors (Lipinski definition) is 1. The molecular formula is C19H14IN2OS2-. The minimum atomic E-state index is -0.156. The summed E-state index contributed by atoms with van der Waals surface area (Å²) in [6.45, 7) is 2.05. The van der Waals surface area contributed by atoms with Crippen LogP contribution >= 0.6 is 22.7 Å². The first kappa shape index (κ1) is 16.7. The summed E-state index contributed by atoms with van der Waals surface area (Å²) in [6.07, 6.45) is 0. The van der Waals surface area contributed by atoms with Crippen LogP contribution in [0.2, 0.25) is 0 Å². The topological polar surface area (TPSA) is 42.0 Å². The molecule has 0 radical (unpaired) electrons. The van der Waals surface area contributed by atoms with Crippen molar-refractivity contribution in [1.82, 2.24) is 4.98 Å². The third-order valence-electron chi connectivity index (χ3n) is 3.56. The predicted molar refractivity (Wildman–Crippen MR) is 100 cm³/mol. The molecule has 6 heteroatoms. The van der Waals surface area contributed by atoms with E-state index in [4.69, 9.17) is 0 Å². The molecule has 4 rings (SSSR count). The molecule has 2 heterocycles. The SMILES string of the molecule is Cc1ccc2nc(NC(=O)c3ccc([I-]c4cccs4)cc3)sc2c1. The summed E-state index contributed by atoms with van der Waals surface area (Å²) in [5.74, 6) is -0.114. The van der Waals surface area contributed by atoms with Crippen molar-refractivity contribution < 1.29 is 26.0 Å². The average Bonchev–Trinajstić information content (AvgIpc) is 3.24. The number of fused-ring (bicyclic) bond motifs is 1. The Hall–Kier alpha value is -1.77. The standard InChI is InChI=1S/C19H14IN2OS2/c1-12-4-9-15-16(11-12)25-19(21-15)22-18(23)13-5-7-14(8-6-13)20-17-3-2-10-24-17/h2-11H,1H3,(H,21,22,23)/q-1. The third kappa shape index (κ3) is 3.91. The van der Waals surface area contributed by atoms with Crippen LogP contribution in [0.1, 0.15) is 15.9 Å². The van der Waals surface area contributed by atoms with Crippen LogP contribution in [0.4, 0.5) is 5.13 Å². The van der Waals surface area contributed by atoms with Crippen molar-refractivity contribution >= 4 is 43.9 Å². The van der Waals surface area contributed by atoms with Gasteiger partial charge >= 0.3 is 165 Å². The van der Waals surface area contributed by atoms with Crippen molar-refractivity contribution in [2.75, 3.05) is 5.32 Å². The molecule has 0 aliphatic carbocycles. The summed E-state index contributed by atoms with van der Waals surface area (Å²) in [7, 11) is 0. The molecule has 0 aliphatic rings. The zero-order chi connectivity index (χ0) is 17.2. The molecule has 0 unspecified atom stereocenters. The van der Waals surface area contributed by atoms with Gasteiger partial charge < -0.3 is 0 Å². The maximum atomic E-state index is 12.5. The molecule has 0 saturated carbocycles.